The molecule has 5 heteroatoms. The number of aliphatic imine (C=N–C) groups is 1. The zero-order valence-electron chi connectivity index (χ0n) is 11.8. The van der Waals surface area contributed by atoms with Crippen molar-refractivity contribution in [2.75, 3.05) is 0 Å². The SMILES string of the molecule is CC1=CNC(=NC(C)C)N/C1=C(/C#N)c1ccccn1. The van der Waals surface area contributed by atoms with Crippen molar-refractivity contribution in [2.24, 2.45) is 4.99 Å². The Hall–Kier alpha value is -2.61. The molecule has 0 amide bonds. The lowest BCUT2D eigenvalue weighted by molar-refractivity contribution is 0.809. The number of nitrogens with one attached hydrogen (secondary N) is 2. The first-order valence-corrected chi connectivity index (χ1v) is 6.46. The molecule has 0 aromatic carbocycles. The van der Waals surface area contributed by atoms with Crippen LogP contribution >= 0.6 is 0 Å². The van der Waals surface area contributed by atoms with Gasteiger partial charge in [0, 0.05) is 18.4 Å². The maximum atomic E-state index is 9.44. The van der Waals surface area contributed by atoms with Gasteiger partial charge in [-0.2, -0.15) is 5.26 Å². The highest BCUT2D eigenvalue weighted by molar-refractivity contribution is 5.90. The number of guanidine groups is 1. The minimum atomic E-state index is 0.165. The third-order valence-electron chi connectivity index (χ3n) is 2.73. The number of pyridine rings is 1. The highest BCUT2D eigenvalue weighted by Crippen LogP contribution is 2.21. The second kappa shape index (κ2) is 6.02. The van der Waals surface area contributed by atoms with Crippen LogP contribution in [-0.4, -0.2) is 17.0 Å². The van der Waals surface area contributed by atoms with E-state index in [2.05, 4.69) is 26.7 Å². The molecule has 1 aliphatic rings. The fraction of sp³-hybridized carbons (Fsp3) is 0.267. The molecule has 2 N–H and O–H groups in total. The Bertz CT molecular complexity index is 617. The van der Waals surface area contributed by atoms with Crippen LogP contribution < -0.4 is 10.6 Å². The summed E-state index contributed by atoms with van der Waals surface area (Å²) in [5.74, 6) is 0.643. The molecule has 0 atom stereocenters. The Balaban J connectivity index is 2.47. The summed E-state index contributed by atoms with van der Waals surface area (Å²) in [4.78, 5) is 8.65. The predicted octanol–water partition coefficient (Wildman–Crippen LogP) is 2.18. The van der Waals surface area contributed by atoms with E-state index in [9.17, 15) is 5.26 Å². The molecule has 0 spiro atoms. The number of rotatable bonds is 2. The molecule has 0 aliphatic carbocycles. The van der Waals surface area contributed by atoms with Gasteiger partial charge in [0.1, 0.15) is 11.6 Å². The van der Waals surface area contributed by atoms with E-state index in [-0.39, 0.29) is 6.04 Å². The molecule has 0 saturated carbocycles. The van der Waals surface area contributed by atoms with Crippen LogP contribution in [0.2, 0.25) is 0 Å². The lowest BCUT2D eigenvalue weighted by Gasteiger charge is -2.21. The van der Waals surface area contributed by atoms with Gasteiger partial charge in [0.15, 0.2) is 5.96 Å². The molecule has 0 radical (unpaired) electrons. The van der Waals surface area contributed by atoms with E-state index in [1.54, 1.807) is 6.20 Å². The Labute approximate surface area is 118 Å². The van der Waals surface area contributed by atoms with E-state index in [0.717, 1.165) is 11.3 Å². The molecule has 20 heavy (non-hydrogen) atoms. The summed E-state index contributed by atoms with van der Waals surface area (Å²) in [6.45, 7) is 5.92. The second-order valence-corrected chi connectivity index (χ2v) is 4.74. The topological polar surface area (TPSA) is 73.1 Å². The van der Waals surface area contributed by atoms with E-state index < -0.39 is 0 Å². The fourth-order valence-corrected chi connectivity index (χ4v) is 1.84. The summed E-state index contributed by atoms with van der Waals surface area (Å²) < 4.78 is 0. The van der Waals surface area contributed by atoms with Crippen LogP contribution in [0.1, 0.15) is 26.5 Å². The molecule has 1 aromatic heterocycles. The van der Waals surface area contributed by atoms with Gasteiger partial charge in [0.2, 0.25) is 0 Å². The van der Waals surface area contributed by atoms with E-state index >= 15 is 0 Å². The number of hydrogen-bond acceptors (Lipinski definition) is 3. The van der Waals surface area contributed by atoms with Gasteiger partial charge in [-0.1, -0.05) is 6.07 Å². The number of nitriles is 1. The van der Waals surface area contributed by atoms with Crippen LogP contribution in [0.3, 0.4) is 0 Å². The highest BCUT2D eigenvalue weighted by atomic mass is 15.2. The normalized spacial score (nSPS) is 18.9. The first kappa shape index (κ1) is 13.8. The first-order valence-electron chi connectivity index (χ1n) is 6.46. The van der Waals surface area contributed by atoms with Crippen molar-refractivity contribution in [3.63, 3.8) is 0 Å². The largest absolute Gasteiger partial charge is 0.332 e. The fourth-order valence-electron chi connectivity index (χ4n) is 1.84. The molecule has 1 aliphatic heterocycles. The molecular formula is C15H17N5. The third kappa shape index (κ3) is 3.04. The summed E-state index contributed by atoms with van der Waals surface area (Å²) in [5, 5.41) is 15.7. The van der Waals surface area contributed by atoms with Crippen LogP contribution in [0.25, 0.3) is 5.57 Å². The standard InChI is InChI=1S/C15H17N5/c1-10(2)19-15-18-9-11(3)14(20-15)12(8-16)13-6-4-5-7-17-13/h4-7,9-10H,1-3H3,(H2,18,19,20)/b14-12-. The van der Waals surface area contributed by atoms with Gasteiger partial charge in [-0.3, -0.25) is 4.98 Å². The summed E-state index contributed by atoms with van der Waals surface area (Å²) >= 11 is 0. The van der Waals surface area contributed by atoms with Crippen molar-refractivity contribution < 1.29 is 0 Å². The monoisotopic (exact) mass is 267 g/mol. The molecule has 1 aromatic rings. The molecule has 2 heterocycles. The zero-order valence-corrected chi connectivity index (χ0v) is 11.8. The van der Waals surface area contributed by atoms with Crippen LogP contribution in [0, 0.1) is 11.3 Å². The summed E-state index contributed by atoms with van der Waals surface area (Å²) in [6.07, 6.45) is 3.52. The Morgan fingerprint density at radius 1 is 1.40 bits per heavy atom. The molecule has 102 valence electrons. The average Bonchev–Trinajstić information content (AvgIpc) is 2.44. The maximum absolute atomic E-state index is 9.44. The van der Waals surface area contributed by atoms with Crippen molar-refractivity contribution in [3.05, 3.63) is 47.6 Å². The zero-order chi connectivity index (χ0) is 14.5. The molecule has 0 bridgehead atoms. The van der Waals surface area contributed by atoms with Crippen molar-refractivity contribution in [1.29, 1.82) is 5.26 Å². The minimum Gasteiger partial charge on any atom is -0.332 e. The minimum absolute atomic E-state index is 0.165. The van der Waals surface area contributed by atoms with Gasteiger partial charge in [-0.25, -0.2) is 4.99 Å². The quantitative estimate of drug-likeness (QED) is 0.805. The van der Waals surface area contributed by atoms with Crippen molar-refractivity contribution in [2.45, 2.75) is 26.8 Å². The third-order valence-corrected chi connectivity index (χ3v) is 2.73. The Morgan fingerprint density at radius 3 is 2.80 bits per heavy atom. The molecule has 0 fully saturated rings. The average molecular weight is 267 g/mol. The van der Waals surface area contributed by atoms with Gasteiger partial charge >= 0.3 is 0 Å². The van der Waals surface area contributed by atoms with Gasteiger partial charge in [0.25, 0.3) is 0 Å². The van der Waals surface area contributed by atoms with Gasteiger partial charge in [-0.15, -0.1) is 0 Å². The van der Waals surface area contributed by atoms with Crippen LogP contribution in [0.5, 0.6) is 0 Å². The van der Waals surface area contributed by atoms with Crippen LogP contribution in [0.15, 0.2) is 46.9 Å². The van der Waals surface area contributed by atoms with Crippen molar-refractivity contribution in [3.8, 4) is 6.07 Å². The summed E-state index contributed by atoms with van der Waals surface area (Å²) in [7, 11) is 0. The molecule has 0 unspecified atom stereocenters. The van der Waals surface area contributed by atoms with E-state index in [0.29, 0.717) is 17.2 Å². The molecule has 2 rings (SSSR count). The summed E-state index contributed by atoms with van der Waals surface area (Å²) in [5.41, 5.74) is 2.84. The van der Waals surface area contributed by atoms with Gasteiger partial charge in [-0.05, 0) is 38.5 Å². The number of aromatic nitrogens is 1. The Morgan fingerprint density at radius 2 is 2.20 bits per heavy atom. The number of hydrogen-bond donors (Lipinski definition) is 2. The number of allylic oxidation sites excluding steroid dienone is 2. The second-order valence-electron chi connectivity index (χ2n) is 4.74. The van der Waals surface area contributed by atoms with Gasteiger partial charge in [0.05, 0.1) is 11.4 Å². The lowest BCUT2D eigenvalue weighted by Crippen LogP contribution is -2.39. The van der Waals surface area contributed by atoms with Crippen LogP contribution in [0.4, 0.5) is 0 Å². The van der Waals surface area contributed by atoms with Crippen molar-refractivity contribution >= 4 is 11.5 Å². The molecular weight excluding hydrogens is 250 g/mol. The Kier molecular flexibility index (Phi) is 4.16. The molecule has 5 nitrogen and oxygen atoms in total. The lowest BCUT2D eigenvalue weighted by atomic mass is 10.1. The van der Waals surface area contributed by atoms with E-state index in [1.165, 1.54) is 0 Å². The van der Waals surface area contributed by atoms with Gasteiger partial charge < -0.3 is 10.6 Å². The van der Waals surface area contributed by atoms with Crippen molar-refractivity contribution in [1.82, 2.24) is 15.6 Å². The highest BCUT2D eigenvalue weighted by Gasteiger charge is 2.17. The van der Waals surface area contributed by atoms with E-state index in [1.807, 2.05) is 45.2 Å². The smallest absolute Gasteiger partial charge is 0.200 e. The predicted molar refractivity (Wildman–Crippen MR) is 79.4 cm³/mol. The number of nitrogens with zero attached hydrogens (tertiary/aromatic N) is 3. The maximum Gasteiger partial charge on any atom is 0.200 e. The van der Waals surface area contributed by atoms with Crippen LogP contribution in [-0.2, 0) is 0 Å². The summed E-state index contributed by atoms with van der Waals surface area (Å²) in [6, 6.07) is 7.90. The van der Waals surface area contributed by atoms with E-state index in [4.69, 9.17) is 0 Å². The molecule has 0 saturated heterocycles. The first-order chi connectivity index (χ1) is 9.61.